The summed E-state index contributed by atoms with van der Waals surface area (Å²) in [6.07, 6.45) is 8.22. The summed E-state index contributed by atoms with van der Waals surface area (Å²) in [5.74, 6) is 0.482. The molecule has 0 heteroatoms. The monoisotopic (exact) mass is 136 g/mol. The topological polar surface area (TPSA) is 0 Å². The van der Waals surface area contributed by atoms with Crippen LogP contribution in [0.3, 0.4) is 0 Å². The van der Waals surface area contributed by atoms with E-state index in [2.05, 4.69) is 45.6 Å². The van der Waals surface area contributed by atoms with Gasteiger partial charge in [-0.2, -0.15) is 0 Å². The summed E-state index contributed by atoms with van der Waals surface area (Å²) < 4.78 is 0. The van der Waals surface area contributed by atoms with Crippen LogP contribution in [0.15, 0.2) is 36.5 Å². The van der Waals surface area contributed by atoms with Crippen molar-refractivity contribution in [3.63, 3.8) is 0 Å². The zero-order valence-corrected chi connectivity index (χ0v) is 7.09. The van der Waals surface area contributed by atoms with Gasteiger partial charge in [0, 0.05) is 0 Å². The molecule has 0 heterocycles. The van der Waals surface area contributed by atoms with Crippen molar-refractivity contribution in [2.24, 2.45) is 5.92 Å². The Morgan fingerprint density at radius 3 is 2.40 bits per heavy atom. The molecule has 0 amide bonds. The molecule has 0 unspecified atom stereocenters. The molecule has 0 N–H and O–H groups in total. The minimum Gasteiger partial charge on any atom is -0.102 e. The van der Waals surface area contributed by atoms with Crippen LogP contribution in [0.5, 0.6) is 0 Å². The van der Waals surface area contributed by atoms with E-state index in [0.29, 0.717) is 5.92 Å². The molecule has 0 aromatic carbocycles. The van der Waals surface area contributed by atoms with Crippen LogP contribution < -0.4 is 0 Å². The number of hydrogen-bond acceptors (Lipinski definition) is 0. The van der Waals surface area contributed by atoms with Gasteiger partial charge in [0.15, 0.2) is 0 Å². The van der Waals surface area contributed by atoms with Crippen molar-refractivity contribution in [3.8, 4) is 0 Å². The summed E-state index contributed by atoms with van der Waals surface area (Å²) in [5.41, 5.74) is 1.33. The van der Waals surface area contributed by atoms with E-state index < -0.39 is 0 Å². The van der Waals surface area contributed by atoms with E-state index in [9.17, 15) is 0 Å². The van der Waals surface area contributed by atoms with Crippen LogP contribution >= 0.6 is 0 Å². The highest BCUT2D eigenvalue weighted by atomic mass is 13.9. The molecule has 0 fully saturated rings. The average Bonchev–Trinajstić information content (AvgIpc) is 1.87. The molecule has 0 aromatic rings. The van der Waals surface area contributed by atoms with Gasteiger partial charge in [0.1, 0.15) is 0 Å². The molecule has 0 nitrogen and oxygen atoms in total. The van der Waals surface area contributed by atoms with Crippen molar-refractivity contribution in [2.45, 2.75) is 20.8 Å². The Hall–Kier alpha value is -0.780. The molecule has 0 aliphatic heterocycles. The predicted molar refractivity (Wildman–Crippen MR) is 47.9 cm³/mol. The lowest BCUT2D eigenvalue weighted by Gasteiger charge is -1.92. The maximum absolute atomic E-state index is 3.69. The quantitative estimate of drug-likeness (QED) is 0.412. The van der Waals surface area contributed by atoms with E-state index in [4.69, 9.17) is 0 Å². The van der Waals surface area contributed by atoms with Crippen LogP contribution in [0.1, 0.15) is 20.8 Å². The maximum atomic E-state index is 3.69. The van der Waals surface area contributed by atoms with Gasteiger partial charge in [-0.25, -0.2) is 0 Å². The summed E-state index contributed by atoms with van der Waals surface area (Å²) in [7, 11) is 0. The molecule has 0 aliphatic rings. The Labute approximate surface area is 64.0 Å². The molecular formula is C10H16. The first-order valence-corrected chi connectivity index (χ1v) is 3.61. The fourth-order valence-corrected chi connectivity index (χ4v) is 0.502. The van der Waals surface area contributed by atoms with Crippen molar-refractivity contribution in [1.29, 1.82) is 0 Å². The third kappa shape index (κ3) is 5.36. The van der Waals surface area contributed by atoms with Gasteiger partial charge in [0.05, 0.1) is 0 Å². The second-order valence-corrected chi connectivity index (χ2v) is 2.72. The predicted octanol–water partition coefficient (Wildman–Crippen LogP) is 3.33. The number of rotatable bonds is 3. The third-order valence-corrected chi connectivity index (χ3v) is 1.22. The van der Waals surface area contributed by atoms with Crippen molar-refractivity contribution in [1.82, 2.24) is 0 Å². The molecule has 0 spiro atoms. The first-order chi connectivity index (χ1) is 4.66. The van der Waals surface area contributed by atoms with Gasteiger partial charge in [-0.1, -0.05) is 36.8 Å². The molecule has 0 saturated heterocycles. The fraction of sp³-hybridized carbons (Fsp3) is 0.400. The van der Waals surface area contributed by atoms with Crippen LogP contribution in [-0.4, -0.2) is 0 Å². The summed E-state index contributed by atoms with van der Waals surface area (Å²) >= 11 is 0. The van der Waals surface area contributed by atoms with E-state index in [1.165, 1.54) is 5.57 Å². The van der Waals surface area contributed by atoms with Crippen molar-refractivity contribution < 1.29 is 0 Å². The van der Waals surface area contributed by atoms with Crippen molar-refractivity contribution in [2.75, 3.05) is 0 Å². The SMILES string of the molecule is C=C[C@@H](C)/C=C\C=C(C)C. The second-order valence-electron chi connectivity index (χ2n) is 2.72. The molecular weight excluding hydrogens is 120 g/mol. The van der Waals surface area contributed by atoms with E-state index >= 15 is 0 Å². The third-order valence-electron chi connectivity index (χ3n) is 1.22. The highest BCUT2D eigenvalue weighted by molar-refractivity contribution is 5.10. The van der Waals surface area contributed by atoms with Crippen molar-refractivity contribution >= 4 is 0 Å². The van der Waals surface area contributed by atoms with E-state index in [1.807, 2.05) is 6.08 Å². The van der Waals surface area contributed by atoms with Crippen LogP contribution in [0.4, 0.5) is 0 Å². The second kappa shape index (κ2) is 5.04. The van der Waals surface area contributed by atoms with Gasteiger partial charge in [0.25, 0.3) is 0 Å². The zero-order valence-electron chi connectivity index (χ0n) is 7.09. The van der Waals surface area contributed by atoms with Gasteiger partial charge in [-0.3, -0.25) is 0 Å². The van der Waals surface area contributed by atoms with Crippen molar-refractivity contribution in [3.05, 3.63) is 36.5 Å². The Kier molecular flexibility index (Phi) is 4.65. The largest absolute Gasteiger partial charge is 0.102 e. The van der Waals surface area contributed by atoms with Crippen LogP contribution in [-0.2, 0) is 0 Å². The lowest BCUT2D eigenvalue weighted by atomic mass is 10.1. The molecule has 0 rings (SSSR count). The lowest BCUT2D eigenvalue weighted by molar-refractivity contribution is 0.944. The van der Waals surface area contributed by atoms with Crippen LogP contribution in [0.2, 0.25) is 0 Å². The summed E-state index contributed by atoms with van der Waals surface area (Å²) in [6, 6.07) is 0. The van der Waals surface area contributed by atoms with Gasteiger partial charge < -0.3 is 0 Å². The van der Waals surface area contributed by atoms with Gasteiger partial charge in [-0.15, -0.1) is 6.58 Å². The molecule has 0 bridgehead atoms. The van der Waals surface area contributed by atoms with Crippen LogP contribution in [0.25, 0.3) is 0 Å². The normalized spacial score (nSPS) is 13.1. The Morgan fingerprint density at radius 2 is 2.00 bits per heavy atom. The maximum Gasteiger partial charge on any atom is -0.00814 e. The number of allylic oxidation sites excluding steroid dienone is 5. The molecule has 1 atom stereocenters. The van der Waals surface area contributed by atoms with E-state index in [0.717, 1.165) is 0 Å². The Balaban J connectivity index is 3.76. The first-order valence-electron chi connectivity index (χ1n) is 3.61. The molecule has 10 heavy (non-hydrogen) atoms. The minimum absolute atomic E-state index is 0.482. The molecule has 0 aromatic heterocycles. The summed E-state index contributed by atoms with van der Waals surface area (Å²) in [6.45, 7) is 9.97. The van der Waals surface area contributed by atoms with E-state index in [-0.39, 0.29) is 0 Å². The average molecular weight is 136 g/mol. The minimum atomic E-state index is 0.482. The summed E-state index contributed by atoms with van der Waals surface area (Å²) in [4.78, 5) is 0. The zero-order chi connectivity index (χ0) is 7.98. The molecule has 0 radical (unpaired) electrons. The highest BCUT2D eigenvalue weighted by Gasteiger charge is 1.83. The summed E-state index contributed by atoms with van der Waals surface area (Å²) in [5, 5.41) is 0. The lowest BCUT2D eigenvalue weighted by Crippen LogP contribution is -1.78. The molecule has 0 aliphatic carbocycles. The van der Waals surface area contributed by atoms with Gasteiger partial charge in [-0.05, 0) is 19.8 Å². The standard InChI is InChI=1S/C10H16/c1-5-10(4)8-6-7-9(2)3/h5-8,10H,1H2,2-4H3/b8-6-/t10-/m1/s1. The Morgan fingerprint density at radius 1 is 1.40 bits per heavy atom. The molecule has 56 valence electrons. The highest BCUT2D eigenvalue weighted by Crippen LogP contribution is 1.98. The smallest absolute Gasteiger partial charge is 0.00814 e. The number of hydrogen-bond donors (Lipinski definition) is 0. The van der Waals surface area contributed by atoms with E-state index in [1.54, 1.807) is 0 Å². The first kappa shape index (κ1) is 9.22. The van der Waals surface area contributed by atoms with Gasteiger partial charge in [0.2, 0.25) is 0 Å². The fourth-order valence-electron chi connectivity index (χ4n) is 0.502. The van der Waals surface area contributed by atoms with Crippen LogP contribution in [0, 0.1) is 5.92 Å². The molecule has 0 saturated carbocycles. The van der Waals surface area contributed by atoms with Gasteiger partial charge >= 0.3 is 0 Å². The Bertz CT molecular complexity index is 145.